The summed E-state index contributed by atoms with van der Waals surface area (Å²) in [7, 11) is 0. The van der Waals surface area contributed by atoms with Crippen molar-refractivity contribution in [1.29, 1.82) is 0 Å². The van der Waals surface area contributed by atoms with Crippen molar-refractivity contribution in [3.8, 4) is 0 Å². The highest BCUT2D eigenvalue weighted by molar-refractivity contribution is 5.73. The second-order valence-corrected chi connectivity index (χ2v) is 5.11. The molecule has 2 fully saturated rings. The molecule has 88 valence electrons. The van der Waals surface area contributed by atoms with E-state index in [9.17, 15) is 9.59 Å². The Morgan fingerprint density at radius 2 is 1.71 bits per heavy atom. The van der Waals surface area contributed by atoms with E-state index in [1.807, 2.05) is 0 Å². The van der Waals surface area contributed by atoms with Crippen molar-refractivity contribution in [2.45, 2.75) is 44.2 Å². The first kappa shape index (κ1) is 9.39. The van der Waals surface area contributed by atoms with Crippen LogP contribution in [0, 0.1) is 0 Å². The molecule has 0 amide bonds. The van der Waals surface area contributed by atoms with Crippen molar-refractivity contribution in [1.82, 2.24) is 9.13 Å². The zero-order valence-electron chi connectivity index (χ0n) is 9.43. The predicted octanol–water partition coefficient (Wildman–Crippen LogP) is 0.938. The first-order valence-corrected chi connectivity index (χ1v) is 6.20. The van der Waals surface area contributed by atoms with E-state index in [-0.39, 0.29) is 23.3 Å². The molecular formula is C12H13N3O2. The number of fused-ring (bicyclic) bond motifs is 1. The molecular weight excluding hydrogens is 218 g/mol. The minimum Gasteiger partial charge on any atom is -0.274 e. The fourth-order valence-corrected chi connectivity index (χ4v) is 2.54. The molecule has 2 saturated carbocycles. The largest absolute Gasteiger partial charge is 0.333 e. The Balaban J connectivity index is 2.08. The Morgan fingerprint density at radius 3 is 2.35 bits per heavy atom. The standard InChI is InChI=1S/C12H13N3O2/c16-11-9-5-6-13-10(9)14(7-1-2-7)12(17)15(11)8-3-4-8/h6-8H,1-5H2. The monoisotopic (exact) mass is 231 g/mol. The lowest BCUT2D eigenvalue weighted by atomic mass is 10.2. The van der Waals surface area contributed by atoms with Gasteiger partial charge in [-0.25, -0.2) is 9.79 Å². The van der Waals surface area contributed by atoms with Gasteiger partial charge in [0.25, 0.3) is 5.56 Å². The Labute approximate surface area is 97.4 Å². The summed E-state index contributed by atoms with van der Waals surface area (Å²) in [5, 5.41) is 0. The quantitative estimate of drug-likeness (QED) is 0.760. The average molecular weight is 231 g/mol. The third-order valence-electron chi connectivity index (χ3n) is 3.72. The van der Waals surface area contributed by atoms with Crippen molar-refractivity contribution in [3.05, 3.63) is 26.4 Å². The van der Waals surface area contributed by atoms with Crippen LogP contribution in [0.3, 0.4) is 0 Å². The van der Waals surface area contributed by atoms with Crippen LogP contribution in [0.25, 0.3) is 0 Å². The molecule has 1 aromatic rings. The molecule has 0 N–H and O–H groups in total. The molecule has 17 heavy (non-hydrogen) atoms. The molecule has 1 aliphatic heterocycles. The Hall–Kier alpha value is -1.65. The summed E-state index contributed by atoms with van der Waals surface area (Å²) in [5.41, 5.74) is 0.461. The molecule has 5 nitrogen and oxygen atoms in total. The van der Waals surface area contributed by atoms with Crippen LogP contribution in [0.5, 0.6) is 0 Å². The van der Waals surface area contributed by atoms with Crippen molar-refractivity contribution < 1.29 is 0 Å². The summed E-state index contributed by atoms with van der Waals surface area (Å²) in [6.45, 7) is 0. The number of hydrogen-bond donors (Lipinski definition) is 0. The number of nitrogens with zero attached hydrogens (tertiary/aromatic N) is 3. The van der Waals surface area contributed by atoms with E-state index in [0.29, 0.717) is 17.8 Å². The number of rotatable bonds is 2. The Morgan fingerprint density at radius 1 is 1.06 bits per heavy atom. The fourth-order valence-electron chi connectivity index (χ4n) is 2.54. The van der Waals surface area contributed by atoms with Gasteiger partial charge in [-0.2, -0.15) is 0 Å². The summed E-state index contributed by atoms with van der Waals surface area (Å²) in [4.78, 5) is 28.8. The molecule has 1 aromatic heterocycles. The minimum absolute atomic E-state index is 0.109. The van der Waals surface area contributed by atoms with Gasteiger partial charge in [-0.05, 0) is 25.7 Å². The minimum atomic E-state index is -0.141. The molecule has 0 radical (unpaired) electrons. The highest BCUT2D eigenvalue weighted by Crippen LogP contribution is 2.39. The Kier molecular flexibility index (Phi) is 1.64. The van der Waals surface area contributed by atoms with E-state index in [1.54, 1.807) is 10.8 Å². The van der Waals surface area contributed by atoms with Gasteiger partial charge in [0.15, 0.2) is 0 Å². The van der Waals surface area contributed by atoms with Gasteiger partial charge in [0.2, 0.25) is 0 Å². The van der Waals surface area contributed by atoms with Crippen LogP contribution in [0.15, 0.2) is 14.6 Å². The van der Waals surface area contributed by atoms with Crippen LogP contribution in [-0.4, -0.2) is 15.3 Å². The zero-order valence-corrected chi connectivity index (χ0v) is 9.43. The topological polar surface area (TPSA) is 56.4 Å². The summed E-state index contributed by atoms with van der Waals surface area (Å²) in [6, 6.07) is 0.419. The van der Waals surface area contributed by atoms with Gasteiger partial charge < -0.3 is 0 Å². The van der Waals surface area contributed by atoms with E-state index in [2.05, 4.69) is 4.99 Å². The van der Waals surface area contributed by atoms with E-state index in [0.717, 1.165) is 25.7 Å². The van der Waals surface area contributed by atoms with Crippen molar-refractivity contribution in [2.24, 2.45) is 4.99 Å². The lowest BCUT2D eigenvalue weighted by Gasteiger charge is -2.12. The maximum absolute atomic E-state index is 12.4. The third kappa shape index (κ3) is 1.22. The third-order valence-corrected chi connectivity index (χ3v) is 3.72. The normalized spacial score (nSPS) is 21.9. The number of hydrogen-bond acceptors (Lipinski definition) is 3. The van der Waals surface area contributed by atoms with Crippen LogP contribution in [0.2, 0.25) is 0 Å². The zero-order chi connectivity index (χ0) is 11.6. The second kappa shape index (κ2) is 2.97. The van der Waals surface area contributed by atoms with E-state index < -0.39 is 0 Å². The first-order valence-electron chi connectivity index (χ1n) is 6.20. The molecule has 2 heterocycles. The van der Waals surface area contributed by atoms with Gasteiger partial charge in [0.05, 0.1) is 5.56 Å². The van der Waals surface area contributed by atoms with Crippen molar-refractivity contribution in [2.75, 3.05) is 0 Å². The molecule has 0 spiro atoms. The molecule has 0 saturated heterocycles. The van der Waals surface area contributed by atoms with E-state index >= 15 is 0 Å². The fraction of sp³-hybridized carbons (Fsp3) is 0.583. The van der Waals surface area contributed by atoms with Crippen LogP contribution < -0.4 is 11.2 Å². The maximum atomic E-state index is 12.4. The molecule has 2 aliphatic carbocycles. The number of aromatic nitrogens is 2. The molecule has 3 aliphatic rings. The van der Waals surface area contributed by atoms with Crippen molar-refractivity contribution in [3.63, 3.8) is 0 Å². The van der Waals surface area contributed by atoms with E-state index in [1.165, 1.54) is 4.57 Å². The number of aliphatic imine (C=N–C) groups is 1. The predicted molar refractivity (Wildman–Crippen MR) is 63.4 cm³/mol. The molecule has 5 heteroatoms. The summed E-state index contributed by atoms with van der Waals surface area (Å²) >= 11 is 0. The summed E-state index contributed by atoms with van der Waals surface area (Å²) in [5.74, 6) is 0.624. The SMILES string of the molecule is O=c1c2c(n(C3CC3)c(=O)n1C1CC1)N=CC2. The highest BCUT2D eigenvalue weighted by atomic mass is 16.2. The maximum Gasteiger partial charge on any atom is 0.333 e. The van der Waals surface area contributed by atoms with Gasteiger partial charge in [-0.15, -0.1) is 0 Å². The molecule has 0 atom stereocenters. The van der Waals surface area contributed by atoms with Gasteiger partial charge in [0, 0.05) is 24.7 Å². The molecule has 0 unspecified atom stereocenters. The lowest BCUT2D eigenvalue weighted by Crippen LogP contribution is -2.40. The smallest absolute Gasteiger partial charge is 0.274 e. The summed E-state index contributed by atoms with van der Waals surface area (Å²) in [6.07, 6.45) is 6.30. The first-order chi connectivity index (χ1) is 8.27. The Bertz CT molecular complexity index is 645. The van der Waals surface area contributed by atoms with E-state index in [4.69, 9.17) is 0 Å². The van der Waals surface area contributed by atoms with Crippen LogP contribution in [0.1, 0.15) is 43.3 Å². The van der Waals surface area contributed by atoms with Crippen LogP contribution in [-0.2, 0) is 6.42 Å². The lowest BCUT2D eigenvalue weighted by molar-refractivity contribution is 0.569. The average Bonchev–Trinajstić information content (AvgIpc) is 3.19. The van der Waals surface area contributed by atoms with Crippen molar-refractivity contribution >= 4 is 12.0 Å². The van der Waals surface area contributed by atoms with Gasteiger partial charge in [-0.3, -0.25) is 13.9 Å². The van der Waals surface area contributed by atoms with Gasteiger partial charge in [0.1, 0.15) is 5.82 Å². The van der Waals surface area contributed by atoms with Gasteiger partial charge in [-0.1, -0.05) is 0 Å². The van der Waals surface area contributed by atoms with Crippen LogP contribution in [0.4, 0.5) is 5.82 Å². The molecule has 0 bridgehead atoms. The second-order valence-electron chi connectivity index (χ2n) is 5.11. The molecule has 4 rings (SSSR count). The van der Waals surface area contributed by atoms with Crippen LogP contribution >= 0.6 is 0 Å². The highest BCUT2D eigenvalue weighted by Gasteiger charge is 2.35. The summed E-state index contributed by atoms with van der Waals surface area (Å²) < 4.78 is 3.21. The molecule has 0 aromatic carbocycles. The van der Waals surface area contributed by atoms with Gasteiger partial charge >= 0.3 is 5.69 Å².